The maximum atomic E-state index is 12.8. The van der Waals surface area contributed by atoms with Gasteiger partial charge in [-0.15, -0.1) is 0 Å². The highest BCUT2D eigenvalue weighted by molar-refractivity contribution is 6.02. The second kappa shape index (κ2) is 4.94. The molecule has 124 valence electrons. The first kappa shape index (κ1) is 14.9. The van der Waals surface area contributed by atoms with Crippen LogP contribution in [0.4, 0.5) is 0 Å². The number of aromatic nitrogens is 1. The van der Waals surface area contributed by atoms with E-state index in [-0.39, 0.29) is 23.1 Å². The summed E-state index contributed by atoms with van der Waals surface area (Å²) >= 11 is 0. The van der Waals surface area contributed by atoms with Gasteiger partial charge in [-0.1, -0.05) is 6.42 Å². The van der Waals surface area contributed by atoms with Crippen LogP contribution in [0.2, 0.25) is 0 Å². The Morgan fingerprint density at radius 1 is 1.30 bits per heavy atom. The van der Waals surface area contributed by atoms with Gasteiger partial charge in [0.2, 0.25) is 0 Å². The van der Waals surface area contributed by atoms with Crippen molar-refractivity contribution in [1.29, 1.82) is 0 Å². The van der Waals surface area contributed by atoms with Crippen molar-refractivity contribution in [3.63, 3.8) is 0 Å². The van der Waals surface area contributed by atoms with Gasteiger partial charge in [-0.3, -0.25) is 9.59 Å². The fraction of sp³-hybridized carbons (Fsp3) is 0.667. The van der Waals surface area contributed by atoms with E-state index in [0.717, 1.165) is 37.1 Å². The van der Waals surface area contributed by atoms with E-state index in [9.17, 15) is 9.59 Å². The van der Waals surface area contributed by atoms with Crippen LogP contribution in [0.15, 0.2) is 0 Å². The number of Topliss-reactive ketones (excluding diaryl/α,β-unsaturated/α-hetero) is 1. The summed E-state index contributed by atoms with van der Waals surface area (Å²) in [4.78, 5) is 27.6. The molecule has 1 aromatic rings. The zero-order valence-corrected chi connectivity index (χ0v) is 14.0. The predicted molar refractivity (Wildman–Crippen MR) is 85.7 cm³/mol. The van der Waals surface area contributed by atoms with E-state index in [1.54, 1.807) is 6.92 Å². The molecule has 3 aliphatic rings. The zero-order valence-electron chi connectivity index (χ0n) is 14.0. The maximum Gasteiger partial charge on any atom is 0.268 e. The van der Waals surface area contributed by atoms with E-state index in [2.05, 4.69) is 10.3 Å². The maximum absolute atomic E-state index is 12.8. The summed E-state index contributed by atoms with van der Waals surface area (Å²) in [5, 5.41) is 3.26. The van der Waals surface area contributed by atoms with Crippen molar-refractivity contribution in [3.8, 4) is 0 Å². The summed E-state index contributed by atoms with van der Waals surface area (Å²) < 4.78 is 5.90. The van der Waals surface area contributed by atoms with Gasteiger partial charge >= 0.3 is 0 Å². The largest absolute Gasteiger partial charge is 0.377 e. The molecule has 1 saturated heterocycles. The Balaban J connectivity index is 1.57. The van der Waals surface area contributed by atoms with Gasteiger partial charge < -0.3 is 15.0 Å². The van der Waals surface area contributed by atoms with Crippen molar-refractivity contribution in [1.82, 2.24) is 10.3 Å². The molecule has 3 fully saturated rings. The number of fused-ring (bicyclic) bond motifs is 2. The van der Waals surface area contributed by atoms with Gasteiger partial charge in [-0.2, -0.15) is 0 Å². The van der Waals surface area contributed by atoms with Crippen LogP contribution in [0.3, 0.4) is 0 Å². The molecule has 2 N–H and O–H groups in total. The first-order valence-corrected chi connectivity index (χ1v) is 8.58. The van der Waals surface area contributed by atoms with Gasteiger partial charge in [0.05, 0.1) is 6.10 Å². The van der Waals surface area contributed by atoms with Crippen LogP contribution in [0.5, 0.6) is 0 Å². The fourth-order valence-corrected chi connectivity index (χ4v) is 5.17. The molecule has 1 spiro atoms. The third-order valence-corrected chi connectivity index (χ3v) is 6.34. The average molecular weight is 316 g/mol. The standard InChI is InChI=1S/C18H24N2O3/c1-9-13(11(3)21)10(2)19-14(9)17(22)20-15-12-5-8-23-16(12)18(15)6-4-7-18/h12,15-16,19H,4-8H2,1-3H3,(H,20,22). The lowest BCUT2D eigenvalue weighted by molar-refractivity contribution is -0.172. The lowest BCUT2D eigenvalue weighted by Crippen LogP contribution is -2.71. The molecular formula is C18H24N2O3. The Hall–Kier alpha value is -1.62. The summed E-state index contributed by atoms with van der Waals surface area (Å²) in [6, 6.07) is 0.222. The molecule has 3 unspecified atom stereocenters. The summed E-state index contributed by atoms with van der Waals surface area (Å²) in [7, 11) is 0. The van der Waals surface area contributed by atoms with Gasteiger partial charge in [0.15, 0.2) is 5.78 Å². The molecule has 5 nitrogen and oxygen atoms in total. The second-order valence-corrected chi connectivity index (χ2v) is 7.46. The molecule has 0 bridgehead atoms. The van der Waals surface area contributed by atoms with E-state index < -0.39 is 0 Å². The Bertz CT molecular complexity index is 687. The van der Waals surface area contributed by atoms with Crippen LogP contribution in [0, 0.1) is 25.2 Å². The minimum absolute atomic E-state index is 0.00124. The Morgan fingerprint density at radius 3 is 2.61 bits per heavy atom. The van der Waals surface area contributed by atoms with E-state index in [1.807, 2.05) is 13.8 Å². The number of amides is 1. The molecule has 4 rings (SSSR count). The number of aromatic amines is 1. The molecule has 3 atom stereocenters. The van der Waals surface area contributed by atoms with Crippen molar-refractivity contribution < 1.29 is 14.3 Å². The topological polar surface area (TPSA) is 71.2 Å². The molecule has 0 aromatic carbocycles. The van der Waals surface area contributed by atoms with Crippen LogP contribution < -0.4 is 5.32 Å². The second-order valence-electron chi connectivity index (χ2n) is 7.46. The van der Waals surface area contributed by atoms with Crippen LogP contribution in [0.25, 0.3) is 0 Å². The molecule has 0 radical (unpaired) electrons. The Kier molecular flexibility index (Phi) is 3.21. The molecule has 2 heterocycles. The van der Waals surface area contributed by atoms with Crippen LogP contribution in [0.1, 0.15) is 64.7 Å². The molecule has 2 saturated carbocycles. The molecule has 1 aromatic heterocycles. The van der Waals surface area contributed by atoms with Crippen LogP contribution in [-0.2, 0) is 4.74 Å². The third-order valence-electron chi connectivity index (χ3n) is 6.34. The van der Waals surface area contributed by atoms with E-state index in [4.69, 9.17) is 4.74 Å². The lowest BCUT2D eigenvalue weighted by Gasteiger charge is -2.63. The van der Waals surface area contributed by atoms with Crippen LogP contribution in [-0.4, -0.2) is 35.4 Å². The number of ketones is 1. The summed E-state index contributed by atoms with van der Waals surface area (Å²) in [6.07, 6.45) is 4.93. The quantitative estimate of drug-likeness (QED) is 0.842. The zero-order chi connectivity index (χ0) is 16.4. The number of H-pyrrole nitrogens is 1. The number of hydrogen-bond acceptors (Lipinski definition) is 3. The van der Waals surface area contributed by atoms with Gasteiger partial charge in [-0.05, 0) is 45.6 Å². The monoisotopic (exact) mass is 316 g/mol. The van der Waals surface area contributed by atoms with Crippen molar-refractivity contribution in [2.75, 3.05) is 6.61 Å². The van der Waals surface area contributed by atoms with Gasteiger partial charge in [-0.25, -0.2) is 0 Å². The van der Waals surface area contributed by atoms with Crippen molar-refractivity contribution in [2.45, 2.75) is 58.6 Å². The number of ether oxygens (including phenoxy) is 1. The highest BCUT2D eigenvalue weighted by Crippen LogP contribution is 2.62. The van der Waals surface area contributed by atoms with E-state index in [1.165, 1.54) is 6.42 Å². The highest BCUT2D eigenvalue weighted by Gasteiger charge is 2.67. The first-order valence-electron chi connectivity index (χ1n) is 8.58. The fourth-order valence-electron chi connectivity index (χ4n) is 5.17. The first-order chi connectivity index (χ1) is 11.0. The molecule has 5 heteroatoms. The number of carbonyl (C=O) groups excluding carboxylic acids is 2. The average Bonchev–Trinajstić information content (AvgIpc) is 2.97. The molecular weight excluding hydrogens is 292 g/mol. The highest BCUT2D eigenvalue weighted by atomic mass is 16.5. The number of carbonyl (C=O) groups is 2. The minimum atomic E-state index is -0.0836. The smallest absolute Gasteiger partial charge is 0.268 e. The molecule has 1 aliphatic heterocycles. The summed E-state index contributed by atoms with van der Waals surface area (Å²) in [5.74, 6) is 0.376. The van der Waals surface area contributed by atoms with Gasteiger partial charge in [0, 0.05) is 35.2 Å². The van der Waals surface area contributed by atoms with Crippen LogP contribution >= 0.6 is 0 Å². The Labute approximate surface area is 136 Å². The number of nitrogens with one attached hydrogen (secondary N) is 2. The SMILES string of the molecule is CC(=O)c1c(C)[nH]c(C(=O)NC2C3CCOC3C23CCC3)c1C. The Morgan fingerprint density at radius 2 is 2.04 bits per heavy atom. The predicted octanol–water partition coefficient (Wildman–Crippen LogP) is 2.52. The van der Waals surface area contributed by atoms with E-state index >= 15 is 0 Å². The van der Waals surface area contributed by atoms with Crippen molar-refractivity contribution >= 4 is 11.7 Å². The van der Waals surface area contributed by atoms with Gasteiger partial charge in [0.1, 0.15) is 5.69 Å². The lowest BCUT2D eigenvalue weighted by atomic mass is 9.46. The molecule has 1 amide bonds. The number of aryl methyl sites for hydroxylation is 1. The minimum Gasteiger partial charge on any atom is -0.377 e. The summed E-state index contributed by atoms with van der Waals surface area (Å²) in [6.45, 7) is 6.05. The molecule has 23 heavy (non-hydrogen) atoms. The normalized spacial score (nSPS) is 30.5. The molecule has 2 aliphatic carbocycles. The van der Waals surface area contributed by atoms with Gasteiger partial charge in [0.25, 0.3) is 5.91 Å². The third kappa shape index (κ3) is 1.89. The van der Waals surface area contributed by atoms with Crippen molar-refractivity contribution in [2.24, 2.45) is 11.3 Å². The number of hydrogen-bond donors (Lipinski definition) is 2. The van der Waals surface area contributed by atoms with E-state index in [0.29, 0.717) is 23.3 Å². The summed E-state index contributed by atoms with van der Waals surface area (Å²) in [5.41, 5.74) is 2.88. The van der Waals surface area contributed by atoms with Crippen molar-refractivity contribution in [3.05, 3.63) is 22.5 Å². The number of rotatable bonds is 3.